The van der Waals surface area contributed by atoms with Crippen molar-refractivity contribution >= 4 is 27.9 Å². The summed E-state index contributed by atoms with van der Waals surface area (Å²) in [7, 11) is -3.86. The molecule has 0 unspecified atom stereocenters. The van der Waals surface area contributed by atoms with Crippen LogP contribution >= 0.6 is 0 Å². The van der Waals surface area contributed by atoms with Crippen molar-refractivity contribution < 1.29 is 8.42 Å². The third-order valence-corrected chi connectivity index (χ3v) is 5.49. The molecule has 0 aromatic heterocycles. The van der Waals surface area contributed by atoms with Gasteiger partial charge in [-0.05, 0) is 37.1 Å². The summed E-state index contributed by atoms with van der Waals surface area (Å²) in [5.74, 6) is -0.100. The fraction of sp³-hybridized carbons (Fsp3) is 0.429. The van der Waals surface area contributed by atoms with E-state index in [1.165, 1.54) is 42.1 Å². The molecule has 7 nitrogen and oxygen atoms in total. The first-order valence-electron chi connectivity index (χ1n) is 7.19. The standard InChI is InChI=1S/C14H19N5O2S/c15-11-3-5-12(6-4-11)22(20,21)18-13(16)19-10-14(9-17-19)7-1-2-8-14/h3-6,9H,1-2,7-8,10,15H2,(H2,16,18). The Hall–Kier alpha value is -2.09. The summed E-state index contributed by atoms with van der Waals surface area (Å²) in [6, 6.07) is 5.85. The van der Waals surface area contributed by atoms with Gasteiger partial charge in [0, 0.05) is 17.3 Å². The van der Waals surface area contributed by atoms with Crippen molar-refractivity contribution in [2.45, 2.75) is 30.6 Å². The summed E-state index contributed by atoms with van der Waals surface area (Å²) >= 11 is 0. The van der Waals surface area contributed by atoms with Crippen LogP contribution in [0.3, 0.4) is 0 Å². The van der Waals surface area contributed by atoms with E-state index in [4.69, 9.17) is 11.5 Å². The number of hydrazone groups is 1. The van der Waals surface area contributed by atoms with Crippen molar-refractivity contribution in [3.05, 3.63) is 24.3 Å². The number of sulfonamides is 1. The summed E-state index contributed by atoms with van der Waals surface area (Å²) in [4.78, 5) is 0.0587. The van der Waals surface area contributed by atoms with Gasteiger partial charge in [-0.25, -0.2) is 5.01 Å². The SMILES string of the molecule is N/C(=N\S(=O)(=O)c1ccc(N)cc1)N1CC2(C=N1)CCCC2. The number of nitrogens with zero attached hydrogens (tertiary/aromatic N) is 3. The molecule has 1 aromatic rings. The van der Waals surface area contributed by atoms with E-state index < -0.39 is 10.0 Å². The molecular weight excluding hydrogens is 302 g/mol. The quantitative estimate of drug-likeness (QED) is 0.481. The van der Waals surface area contributed by atoms with Crippen LogP contribution in [0.5, 0.6) is 0 Å². The lowest BCUT2D eigenvalue weighted by Crippen LogP contribution is -2.36. The molecule has 118 valence electrons. The molecule has 1 aromatic carbocycles. The second kappa shape index (κ2) is 5.28. The molecular formula is C14H19N5O2S. The smallest absolute Gasteiger partial charge is 0.285 e. The first-order valence-corrected chi connectivity index (χ1v) is 8.63. The number of hydrogen-bond donors (Lipinski definition) is 2. The summed E-state index contributed by atoms with van der Waals surface area (Å²) in [6.07, 6.45) is 6.34. The average Bonchev–Trinajstić information content (AvgIpc) is 3.10. The topological polar surface area (TPSA) is 114 Å². The molecule has 3 rings (SSSR count). The normalized spacial score (nSPS) is 20.9. The summed E-state index contributed by atoms with van der Waals surface area (Å²) in [6.45, 7) is 0.597. The van der Waals surface area contributed by atoms with Gasteiger partial charge in [0.15, 0.2) is 0 Å². The second-order valence-electron chi connectivity index (χ2n) is 5.87. The summed E-state index contributed by atoms with van der Waals surface area (Å²) in [5, 5.41) is 5.70. The Morgan fingerprint density at radius 1 is 1.23 bits per heavy atom. The van der Waals surface area contributed by atoms with Gasteiger partial charge >= 0.3 is 0 Å². The highest BCUT2D eigenvalue weighted by molar-refractivity contribution is 7.90. The molecule has 8 heteroatoms. The Morgan fingerprint density at radius 3 is 2.50 bits per heavy atom. The van der Waals surface area contributed by atoms with Gasteiger partial charge in [-0.1, -0.05) is 12.8 Å². The van der Waals surface area contributed by atoms with Crippen LogP contribution in [0.15, 0.2) is 38.7 Å². The third kappa shape index (κ3) is 2.78. The molecule has 1 heterocycles. The van der Waals surface area contributed by atoms with Gasteiger partial charge in [0.2, 0.25) is 5.96 Å². The molecule has 1 aliphatic carbocycles. The van der Waals surface area contributed by atoms with Crippen molar-refractivity contribution in [2.75, 3.05) is 12.3 Å². The third-order valence-electron chi connectivity index (χ3n) is 4.19. The molecule has 0 atom stereocenters. The van der Waals surface area contributed by atoms with Crippen molar-refractivity contribution in [2.24, 2.45) is 20.6 Å². The molecule has 1 spiro atoms. The van der Waals surface area contributed by atoms with Gasteiger partial charge in [-0.15, -0.1) is 4.40 Å². The number of nitrogens with two attached hydrogens (primary N) is 2. The van der Waals surface area contributed by atoms with E-state index in [1.54, 1.807) is 0 Å². The molecule has 0 saturated heterocycles. The van der Waals surface area contributed by atoms with Crippen molar-refractivity contribution in [1.82, 2.24) is 5.01 Å². The van der Waals surface area contributed by atoms with Crippen LogP contribution in [0.25, 0.3) is 0 Å². The largest absolute Gasteiger partial charge is 0.399 e. The van der Waals surface area contributed by atoms with Crippen molar-refractivity contribution in [3.8, 4) is 0 Å². The number of hydrogen-bond acceptors (Lipinski definition) is 4. The predicted octanol–water partition coefficient (Wildman–Crippen LogP) is 1.13. The van der Waals surface area contributed by atoms with E-state index in [0.717, 1.165) is 12.8 Å². The van der Waals surface area contributed by atoms with Gasteiger partial charge in [0.1, 0.15) is 0 Å². The number of rotatable bonds is 2. The van der Waals surface area contributed by atoms with Gasteiger partial charge in [0.05, 0.1) is 11.4 Å². The maximum absolute atomic E-state index is 12.2. The first-order chi connectivity index (χ1) is 10.4. The van der Waals surface area contributed by atoms with Gasteiger partial charge in [-0.2, -0.15) is 13.5 Å². The summed E-state index contributed by atoms with van der Waals surface area (Å²) < 4.78 is 28.2. The van der Waals surface area contributed by atoms with E-state index in [9.17, 15) is 8.42 Å². The van der Waals surface area contributed by atoms with Gasteiger partial charge < -0.3 is 11.5 Å². The predicted molar refractivity (Wildman–Crippen MR) is 85.8 cm³/mol. The first kappa shape index (κ1) is 14.8. The Labute approximate surface area is 129 Å². The zero-order chi connectivity index (χ0) is 15.8. The van der Waals surface area contributed by atoms with Crippen LogP contribution in [0.1, 0.15) is 25.7 Å². The lowest BCUT2D eigenvalue weighted by Gasteiger charge is -2.21. The molecule has 0 bridgehead atoms. The molecule has 4 N–H and O–H groups in total. The lowest BCUT2D eigenvalue weighted by molar-refractivity contribution is 0.345. The minimum atomic E-state index is -3.86. The molecule has 2 aliphatic rings. The van der Waals surface area contributed by atoms with Crippen LogP contribution < -0.4 is 11.5 Å². The highest BCUT2D eigenvalue weighted by Gasteiger charge is 2.39. The van der Waals surface area contributed by atoms with E-state index in [2.05, 4.69) is 9.50 Å². The Balaban J connectivity index is 1.79. The molecule has 0 radical (unpaired) electrons. The van der Waals surface area contributed by atoms with E-state index >= 15 is 0 Å². The van der Waals surface area contributed by atoms with Crippen LogP contribution in [0.2, 0.25) is 0 Å². The highest BCUT2D eigenvalue weighted by Crippen LogP contribution is 2.39. The fourth-order valence-electron chi connectivity index (χ4n) is 2.94. The average molecular weight is 321 g/mol. The van der Waals surface area contributed by atoms with Crippen LogP contribution in [0.4, 0.5) is 5.69 Å². The molecule has 22 heavy (non-hydrogen) atoms. The molecule has 1 fully saturated rings. The zero-order valence-electron chi connectivity index (χ0n) is 12.1. The number of nitrogen functional groups attached to an aromatic ring is 1. The fourth-order valence-corrected chi connectivity index (χ4v) is 3.87. The molecule has 1 saturated carbocycles. The van der Waals surface area contributed by atoms with Crippen molar-refractivity contribution in [1.29, 1.82) is 0 Å². The van der Waals surface area contributed by atoms with Gasteiger partial charge in [0.25, 0.3) is 10.0 Å². The summed E-state index contributed by atoms with van der Waals surface area (Å²) in [5.41, 5.74) is 11.9. The maximum atomic E-state index is 12.2. The zero-order valence-corrected chi connectivity index (χ0v) is 13.0. The van der Waals surface area contributed by atoms with E-state index in [1.807, 2.05) is 6.21 Å². The number of guanidine groups is 1. The minimum absolute atomic E-state index is 0.0328. The van der Waals surface area contributed by atoms with E-state index in [-0.39, 0.29) is 16.3 Å². The Bertz CT molecular complexity index is 718. The van der Waals surface area contributed by atoms with Crippen LogP contribution in [0, 0.1) is 5.41 Å². The lowest BCUT2D eigenvalue weighted by atomic mass is 9.89. The van der Waals surface area contributed by atoms with E-state index in [0.29, 0.717) is 12.2 Å². The minimum Gasteiger partial charge on any atom is -0.399 e. The Kier molecular flexibility index (Phi) is 3.56. The number of anilines is 1. The van der Waals surface area contributed by atoms with Crippen molar-refractivity contribution in [3.63, 3.8) is 0 Å². The maximum Gasteiger partial charge on any atom is 0.285 e. The number of benzene rings is 1. The molecule has 1 aliphatic heterocycles. The molecule has 0 amide bonds. The van der Waals surface area contributed by atoms with Gasteiger partial charge in [-0.3, -0.25) is 0 Å². The Morgan fingerprint density at radius 2 is 1.86 bits per heavy atom. The second-order valence-corrected chi connectivity index (χ2v) is 7.47. The van der Waals surface area contributed by atoms with Crippen LogP contribution in [-0.4, -0.2) is 32.1 Å². The highest BCUT2D eigenvalue weighted by atomic mass is 32.2. The van der Waals surface area contributed by atoms with Crippen LogP contribution in [-0.2, 0) is 10.0 Å². The monoisotopic (exact) mass is 321 g/mol.